The van der Waals surface area contributed by atoms with Crippen LogP contribution in [0.1, 0.15) is 20.8 Å². The lowest BCUT2D eigenvalue weighted by molar-refractivity contribution is 0.365. The van der Waals surface area contributed by atoms with Crippen LogP contribution in [-0.2, 0) is 5.54 Å². The average Bonchev–Trinajstić information content (AvgIpc) is 3.12. The first kappa shape index (κ1) is 13.7. The molecule has 0 aliphatic rings. The molecule has 4 rings (SSSR count). The maximum Gasteiger partial charge on any atom is 0.233 e. The third-order valence-corrected chi connectivity index (χ3v) is 3.59. The van der Waals surface area contributed by atoms with Crippen LogP contribution in [0, 0.1) is 0 Å². The van der Waals surface area contributed by atoms with Gasteiger partial charge in [-0.05, 0) is 32.9 Å². The Labute approximate surface area is 132 Å². The van der Waals surface area contributed by atoms with Gasteiger partial charge in [-0.3, -0.25) is 5.10 Å². The number of ether oxygens (including phenoxy) is 1. The lowest BCUT2D eigenvalue weighted by Crippen LogP contribution is -2.23. The highest BCUT2D eigenvalue weighted by Crippen LogP contribution is 2.29. The molecule has 0 spiro atoms. The normalized spacial score (nSPS) is 12.1. The molecule has 0 aliphatic carbocycles. The van der Waals surface area contributed by atoms with E-state index in [0.717, 1.165) is 21.9 Å². The number of hydrogen-bond acceptors (Lipinski definition) is 5. The number of aromatic nitrogens is 6. The smallest absolute Gasteiger partial charge is 0.233 e. The minimum atomic E-state index is -0.164. The van der Waals surface area contributed by atoms with Gasteiger partial charge in [-0.15, -0.1) is 0 Å². The monoisotopic (exact) mass is 308 g/mol. The number of H-pyrrole nitrogens is 1. The van der Waals surface area contributed by atoms with E-state index in [1.807, 2.05) is 22.9 Å². The minimum absolute atomic E-state index is 0.164. The highest BCUT2D eigenvalue weighted by atomic mass is 16.5. The number of fused-ring (bicyclic) bond motifs is 2. The van der Waals surface area contributed by atoms with E-state index >= 15 is 0 Å². The van der Waals surface area contributed by atoms with E-state index in [2.05, 4.69) is 46.0 Å². The zero-order valence-electron chi connectivity index (χ0n) is 13.1. The molecule has 0 amide bonds. The van der Waals surface area contributed by atoms with Gasteiger partial charge < -0.3 is 4.74 Å². The third-order valence-electron chi connectivity index (χ3n) is 3.59. The van der Waals surface area contributed by atoms with Gasteiger partial charge in [0, 0.05) is 11.5 Å². The minimum Gasteiger partial charge on any atom is -0.438 e. The Bertz CT molecular complexity index is 995. The van der Waals surface area contributed by atoms with Crippen molar-refractivity contribution in [3.05, 3.63) is 36.9 Å². The molecule has 0 atom stereocenters. The Morgan fingerprint density at radius 1 is 1.13 bits per heavy atom. The number of hydrogen-bond donors (Lipinski definition) is 1. The van der Waals surface area contributed by atoms with Gasteiger partial charge in [0.25, 0.3) is 0 Å². The van der Waals surface area contributed by atoms with E-state index in [1.165, 1.54) is 6.33 Å². The molecule has 116 valence electrons. The molecule has 0 saturated carbocycles. The predicted molar refractivity (Wildman–Crippen MR) is 86.5 cm³/mol. The van der Waals surface area contributed by atoms with Crippen LogP contribution in [-0.4, -0.2) is 29.9 Å². The van der Waals surface area contributed by atoms with Crippen molar-refractivity contribution in [2.45, 2.75) is 26.3 Å². The number of rotatable bonds is 2. The summed E-state index contributed by atoms with van der Waals surface area (Å²) in [5, 5.41) is 13.2. The van der Waals surface area contributed by atoms with Crippen molar-refractivity contribution in [3.8, 4) is 11.6 Å². The number of benzene rings is 1. The summed E-state index contributed by atoms with van der Waals surface area (Å²) in [6.45, 7) is 6.23. The second-order valence-electron chi connectivity index (χ2n) is 6.36. The highest BCUT2D eigenvalue weighted by molar-refractivity contribution is 5.81. The molecule has 0 saturated heterocycles. The van der Waals surface area contributed by atoms with Gasteiger partial charge in [0.1, 0.15) is 17.5 Å². The molecule has 23 heavy (non-hydrogen) atoms. The molecule has 0 unspecified atom stereocenters. The van der Waals surface area contributed by atoms with Crippen molar-refractivity contribution < 1.29 is 4.74 Å². The molecule has 1 aromatic carbocycles. The fraction of sp³-hybridized carbons (Fsp3) is 0.250. The molecule has 0 aliphatic heterocycles. The molecular formula is C16H16N6O. The largest absolute Gasteiger partial charge is 0.438 e. The van der Waals surface area contributed by atoms with Crippen LogP contribution < -0.4 is 4.74 Å². The van der Waals surface area contributed by atoms with E-state index in [4.69, 9.17) is 4.74 Å². The molecule has 0 fully saturated rings. The Balaban J connectivity index is 1.78. The molecule has 7 nitrogen and oxygen atoms in total. The summed E-state index contributed by atoms with van der Waals surface area (Å²) in [6, 6.07) is 5.73. The Kier molecular flexibility index (Phi) is 2.84. The molecule has 4 aromatic rings. The van der Waals surface area contributed by atoms with Crippen molar-refractivity contribution >= 4 is 21.9 Å². The van der Waals surface area contributed by atoms with E-state index in [0.29, 0.717) is 11.6 Å². The van der Waals surface area contributed by atoms with Crippen LogP contribution >= 0.6 is 0 Å². The van der Waals surface area contributed by atoms with E-state index in [9.17, 15) is 0 Å². The summed E-state index contributed by atoms with van der Waals surface area (Å²) in [7, 11) is 0. The fourth-order valence-electron chi connectivity index (χ4n) is 2.49. The molecule has 3 heterocycles. The Morgan fingerprint density at radius 2 is 2.00 bits per heavy atom. The SMILES string of the molecule is CC(C)(C)n1ncc2c(Oc3ccc4cn[nH]c4c3)ncnc21. The van der Waals surface area contributed by atoms with Crippen LogP contribution in [0.25, 0.3) is 21.9 Å². The van der Waals surface area contributed by atoms with Crippen LogP contribution in [0.2, 0.25) is 0 Å². The molecule has 0 bridgehead atoms. The van der Waals surface area contributed by atoms with Gasteiger partial charge >= 0.3 is 0 Å². The highest BCUT2D eigenvalue weighted by Gasteiger charge is 2.20. The van der Waals surface area contributed by atoms with Crippen LogP contribution in [0.4, 0.5) is 0 Å². The number of nitrogens with one attached hydrogen (secondary N) is 1. The summed E-state index contributed by atoms with van der Waals surface area (Å²) in [6.07, 6.45) is 5.01. The van der Waals surface area contributed by atoms with Crippen molar-refractivity contribution in [2.24, 2.45) is 0 Å². The first-order valence-corrected chi connectivity index (χ1v) is 7.32. The van der Waals surface area contributed by atoms with Gasteiger partial charge in [-0.1, -0.05) is 0 Å². The lowest BCUT2D eigenvalue weighted by atomic mass is 10.1. The molecule has 1 N–H and O–H groups in total. The van der Waals surface area contributed by atoms with Crippen LogP contribution in [0.5, 0.6) is 11.6 Å². The fourth-order valence-corrected chi connectivity index (χ4v) is 2.49. The van der Waals surface area contributed by atoms with Crippen molar-refractivity contribution in [2.75, 3.05) is 0 Å². The van der Waals surface area contributed by atoms with Crippen molar-refractivity contribution in [1.82, 2.24) is 29.9 Å². The van der Waals surface area contributed by atoms with E-state index < -0.39 is 0 Å². The molecule has 0 radical (unpaired) electrons. The van der Waals surface area contributed by atoms with E-state index in [1.54, 1.807) is 12.4 Å². The summed E-state index contributed by atoms with van der Waals surface area (Å²) in [5.41, 5.74) is 1.51. The van der Waals surface area contributed by atoms with Gasteiger partial charge in [-0.2, -0.15) is 10.2 Å². The second kappa shape index (κ2) is 4.77. The number of nitrogens with zero attached hydrogens (tertiary/aromatic N) is 5. The predicted octanol–water partition coefficient (Wildman–Crippen LogP) is 3.25. The summed E-state index contributed by atoms with van der Waals surface area (Å²) in [5.74, 6) is 1.18. The number of aromatic amines is 1. The zero-order chi connectivity index (χ0) is 16.0. The molecule has 3 aromatic heterocycles. The average molecular weight is 308 g/mol. The quantitative estimate of drug-likeness (QED) is 0.614. The first-order valence-electron chi connectivity index (χ1n) is 7.32. The van der Waals surface area contributed by atoms with Crippen LogP contribution in [0.15, 0.2) is 36.9 Å². The third kappa shape index (κ3) is 2.30. The van der Waals surface area contributed by atoms with Gasteiger partial charge in [-0.25, -0.2) is 14.6 Å². The summed E-state index contributed by atoms with van der Waals surface area (Å²) >= 11 is 0. The molecule has 7 heteroatoms. The lowest BCUT2D eigenvalue weighted by Gasteiger charge is -2.19. The maximum absolute atomic E-state index is 5.94. The molecular weight excluding hydrogens is 292 g/mol. The first-order chi connectivity index (χ1) is 11.0. The van der Waals surface area contributed by atoms with Gasteiger partial charge in [0.2, 0.25) is 5.88 Å². The summed E-state index contributed by atoms with van der Waals surface area (Å²) in [4.78, 5) is 8.60. The summed E-state index contributed by atoms with van der Waals surface area (Å²) < 4.78 is 7.81. The van der Waals surface area contributed by atoms with Gasteiger partial charge in [0.05, 0.1) is 23.4 Å². The second-order valence-corrected chi connectivity index (χ2v) is 6.36. The zero-order valence-corrected chi connectivity index (χ0v) is 13.1. The van der Waals surface area contributed by atoms with Crippen molar-refractivity contribution in [1.29, 1.82) is 0 Å². The van der Waals surface area contributed by atoms with Crippen molar-refractivity contribution in [3.63, 3.8) is 0 Å². The topological polar surface area (TPSA) is 81.5 Å². The van der Waals surface area contributed by atoms with E-state index in [-0.39, 0.29) is 5.54 Å². The Hall–Kier alpha value is -2.96. The Morgan fingerprint density at radius 3 is 2.83 bits per heavy atom. The van der Waals surface area contributed by atoms with Crippen LogP contribution in [0.3, 0.4) is 0 Å². The van der Waals surface area contributed by atoms with Gasteiger partial charge in [0.15, 0.2) is 5.65 Å². The standard InChI is InChI=1S/C16H16N6O/c1-16(2,3)22-14-12(8-20-22)15(18-9-17-14)23-11-5-4-10-7-19-21-13(10)6-11/h4-9H,1-3H3,(H,19,21). The maximum atomic E-state index is 5.94.